The molecule has 152 valence electrons. The normalized spacial score (nSPS) is 15.1. The van der Waals surface area contributed by atoms with Crippen molar-refractivity contribution in [1.82, 2.24) is 0 Å². The number of hydrogen-bond acceptors (Lipinski definition) is 2. The summed E-state index contributed by atoms with van der Waals surface area (Å²) >= 11 is 0. The van der Waals surface area contributed by atoms with Crippen LogP contribution in [0, 0.1) is 23.3 Å². The van der Waals surface area contributed by atoms with Crippen molar-refractivity contribution in [3.8, 4) is 0 Å². The Morgan fingerprint density at radius 2 is 1.47 bits per heavy atom. The lowest BCUT2D eigenvalue weighted by atomic mass is 10.1. The summed E-state index contributed by atoms with van der Waals surface area (Å²) in [6, 6.07) is 13.8. The molecule has 0 aromatic heterocycles. The number of anilines is 2. The molecular weight excluding hydrogens is 400 g/mol. The zero-order valence-electron chi connectivity index (χ0n) is 15.3. The molecule has 2 amide bonds. The Morgan fingerprint density at radius 3 is 2.13 bits per heavy atom. The molecule has 1 N–H and O–H groups in total. The molecule has 1 atom stereocenters. The van der Waals surface area contributed by atoms with E-state index >= 15 is 0 Å². The van der Waals surface area contributed by atoms with Crippen LogP contribution in [0.4, 0.5) is 28.9 Å². The van der Waals surface area contributed by atoms with E-state index in [1.165, 1.54) is 4.90 Å². The van der Waals surface area contributed by atoms with Crippen molar-refractivity contribution in [1.29, 1.82) is 0 Å². The Kier molecular flexibility index (Phi) is 4.99. The number of amides is 2. The topological polar surface area (TPSA) is 49.4 Å². The van der Waals surface area contributed by atoms with Crippen molar-refractivity contribution in [3.05, 3.63) is 95.1 Å². The highest BCUT2D eigenvalue weighted by molar-refractivity contribution is 6.13. The van der Waals surface area contributed by atoms with Gasteiger partial charge in [-0.25, -0.2) is 17.6 Å². The summed E-state index contributed by atoms with van der Waals surface area (Å²) in [5, 5.41) is 1.91. The van der Waals surface area contributed by atoms with Crippen LogP contribution in [0.5, 0.6) is 0 Å². The average Bonchev–Trinajstić information content (AvgIpc) is 3.15. The van der Waals surface area contributed by atoms with Gasteiger partial charge in [0.1, 0.15) is 11.7 Å². The Balaban J connectivity index is 1.71. The van der Waals surface area contributed by atoms with E-state index in [4.69, 9.17) is 0 Å². The number of halogens is 4. The molecule has 0 saturated heterocycles. The fourth-order valence-electron chi connectivity index (χ4n) is 3.46. The smallest absolute Gasteiger partial charge is 0.259 e. The molecule has 30 heavy (non-hydrogen) atoms. The van der Waals surface area contributed by atoms with Gasteiger partial charge >= 0.3 is 0 Å². The lowest BCUT2D eigenvalue weighted by Crippen LogP contribution is -2.45. The summed E-state index contributed by atoms with van der Waals surface area (Å²) < 4.78 is 55.0. The van der Waals surface area contributed by atoms with Gasteiger partial charge in [0.2, 0.25) is 5.91 Å². The predicted molar refractivity (Wildman–Crippen MR) is 102 cm³/mol. The Bertz CT molecular complexity index is 1130. The monoisotopic (exact) mass is 414 g/mol. The van der Waals surface area contributed by atoms with Gasteiger partial charge in [-0.3, -0.25) is 14.5 Å². The number of nitrogens with zero attached hydrogens (tertiary/aromatic N) is 1. The van der Waals surface area contributed by atoms with Gasteiger partial charge in [-0.2, -0.15) is 0 Å². The molecule has 1 aliphatic heterocycles. The summed E-state index contributed by atoms with van der Waals surface area (Å²) in [4.78, 5) is 27.2. The summed E-state index contributed by atoms with van der Waals surface area (Å²) in [5.74, 6) is -8.20. The van der Waals surface area contributed by atoms with Gasteiger partial charge in [0, 0.05) is 23.7 Å². The maximum absolute atomic E-state index is 14.0. The number of para-hydroxylation sites is 1. The third-order valence-corrected chi connectivity index (χ3v) is 4.88. The summed E-state index contributed by atoms with van der Waals surface area (Å²) in [5.41, 5.74) is 0.216. The SMILES string of the molecule is O=C(Nc1c(F)c(F)cc(F)c1F)[C@H]1Cc2ccccc2N1C(=O)c1ccccc1. The van der Waals surface area contributed by atoms with Crippen LogP contribution in [0.15, 0.2) is 60.7 Å². The number of fused-ring (bicyclic) bond motifs is 1. The van der Waals surface area contributed by atoms with E-state index in [0.29, 0.717) is 16.8 Å². The molecule has 3 aromatic carbocycles. The van der Waals surface area contributed by atoms with E-state index in [0.717, 1.165) is 0 Å². The van der Waals surface area contributed by atoms with E-state index in [9.17, 15) is 27.2 Å². The van der Waals surface area contributed by atoms with Gasteiger partial charge in [-0.1, -0.05) is 36.4 Å². The van der Waals surface area contributed by atoms with Crippen LogP contribution in [0.2, 0.25) is 0 Å². The van der Waals surface area contributed by atoms with E-state index < -0.39 is 46.8 Å². The number of benzene rings is 3. The van der Waals surface area contributed by atoms with Crippen LogP contribution in [-0.4, -0.2) is 17.9 Å². The molecule has 0 spiro atoms. The van der Waals surface area contributed by atoms with Crippen LogP contribution in [0.1, 0.15) is 15.9 Å². The zero-order chi connectivity index (χ0) is 21.4. The molecule has 1 aliphatic rings. The maximum Gasteiger partial charge on any atom is 0.259 e. The van der Waals surface area contributed by atoms with E-state index in [-0.39, 0.29) is 12.5 Å². The molecule has 0 unspecified atom stereocenters. The molecule has 0 aliphatic carbocycles. The number of carbonyl (C=O) groups is 2. The largest absolute Gasteiger partial charge is 0.319 e. The minimum absolute atomic E-state index is 0.0526. The van der Waals surface area contributed by atoms with E-state index in [1.54, 1.807) is 54.6 Å². The third-order valence-electron chi connectivity index (χ3n) is 4.88. The van der Waals surface area contributed by atoms with Crippen LogP contribution in [-0.2, 0) is 11.2 Å². The Hall–Kier alpha value is -3.68. The fraction of sp³-hybridized carbons (Fsp3) is 0.0909. The molecule has 0 saturated carbocycles. The zero-order valence-corrected chi connectivity index (χ0v) is 15.3. The highest BCUT2D eigenvalue weighted by Crippen LogP contribution is 2.34. The lowest BCUT2D eigenvalue weighted by molar-refractivity contribution is -0.117. The molecule has 1 heterocycles. The molecule has 8 heteroatoms. The number of carbonyl (C=O) groups excluding carboxylic acids is 2. The highest BCUT2D eigenvalue weighted by Gasteiger charge is 2.39. The van der Waals surface area contributed by atoms with Crippen molar-refractivity contribution in [2.45, 2.75) is 12.5 Å². The third kappa shape index (κ3) is 3.30. The standard InChI is InChI=1S/C22H14F4N2O2/c23-14-11-15(24)19(26)20(18(14)25)27-21(29)17-10-13-8-4-5-9-16(13)28(17)22(30)12-6-2-1-3-7-12/h1-9,11,17H,10H2,(H,27,29)/t17-/m1/s1. The first-order valence-electron chi connectivity index (χ1n) is 8.99. The molecule has 0 radical (unpaired) electrons. The van der Waals surface area contributed by atoms with Crippen LogP contribution in [0.3, 0.4) is 0 Å². The molecule has 3 aromatic rings. The highest BCUT2D eigenvalue weighted by atomic mass is 19.2. The first kappa shape index (κ1) is 19.6. The van der Waals surface area contributed by atoms with Gasteiger partial charge in [0.25, 0.3) is 5.91 Å². The van der Waals surface area contributed by atoms with Gasteiger partial charge < -0.3 is 5.32 Å². The average molecular weight is 414 g/mol. The molecular formula is C22H14F4N2O2. The Labute approximate surface area is 168 Å². The first-order valence-corrected chi connectivity index (χ1v) is 8.99. The van der Waals surface area contributed by atoms with Crippen molar-refractivity contribution in [3.63, 3.8) is 0 Å². The van der Waals surface area contributed by atoms with Crippen molar-refractivity contribution >= 4 is 23.2 Å². The molecule has 0 bridgehead atoms. The van der Waals surface area contributed by atoms with Crippen LogP contribution in [0.25, 0.3) is 0 Å². The molecule has 4 nitrogen and oxygen atoms in total. The summed E-state index contributed by atoms with van der Waals surface area (Å²) in [7, 11) is 0. The number of rotatable bonds is 3. The predicted octanol–water partition coefficient (Wildman–Crippen LogP) is 4.45. The fourth-order valence-corrected chi connectivity index (χ4v) is 3.46. The van der Waals surface area contributed by atoms with Gasteiger partial charge in [0.05, 0.1) is 0 Å². The molecule has 4 rings (SSSR count). The van der Waals surface area contributed by atoms with Crippen LogP contribution < -0.4 is 10.2 Å². The second-order valence-corrected chi connectivity index (χ2v) is 6.72. The number of nitrogens with one attached hydrogen (secondary N) is 1. The molecule has 0 fully saturated rings. The first-order chi connectivity index (χ1) is 14.4. The van der Waals surface area contributed by atoms with Crippen molar-refractivity contribution in [2.24, 2.45) is 0 Å². The summed E-state index contributed by atoms with van der Waals surface area (Å²) in [6.45, 7) is 0. The maximum atomic E-state index is 14.0. The van der Waals surface area contributed by atoms with Crippen molar-refractivity contribution in [2.75, 3.05) is 10.2 Å². The van der Waals surface area contributed by atoms with Crippen LogP contribution >= 0.6 is 0 Å². The minimum Gasteiger partial charge on any atom is -0.319 e. The second kappa shape index (κ2) is 7.62. The second-order valence-electron chi connectivity index (χ2n) is 6.72. The van der Waals surface area contributed by atoms with Gasteiger partial charge in [-0.15, -0.1) is 0 Å². The van der Waals surface area contributed by atoms with Gasteiger partial charge in [0.15, 0.2) is 23.3 Å². The summed E-state index contributed by atoms with van der Waals surface area (Å²) in [6.07, 6.45) is 0.0710. The minimum atomic E-state index is -1.72. The van der Waals surface area contributed by atoms with Gasteiger partial charge in [-0.05, 0) is 23.8 Å². The van der Waals surface area contributed by atoms with Crippen molar-refractivity contribution < 1.29 is 27.2 Å². The quantitative estimate of drug-likeness (QED) is 0.509. The lowest BCUT2D eigenvalue weighted by Gasteiger charge is -2.25. The van der Waals surface area contributed by atoms with E-state index in [2.05, 4.69) is 0 Å². The Morgan fingerprint density at radius 1 is 0.867 bits per heavy atom. The van der Waals surface area contributed by atoms with E-state index in [1.807, 2.05) is 5.32 Å². The number of hydrogen-bond donors (Lipinski definition) is 1.